The van der Waals surface area contributed by atoms with Crippen molar-refractivity contribution < 1.29 is 37.4 Å². The van der Waals surface area contributed by atoms with E-state index in [9.17, 15) is 19.2 Å². The standard InChI is InChI=1S/C35H40O10/c1-24-19-34(38)44-30-21-26(11-13-28(24)30)40-15-7-3-5-9-17-42-32(36)23-33(37)43-18-10-6-4-8-16-41-27-12-14-29-25(2)20-35(39)45-31(29)22-27/h11-14,19-22H,3-10,15-18,23H2,1-2H3. The Balaban J connectivity index is 0.958. The Morgan fingerprint density at radius 3 is 1.38 bits per heavy atom. The second-order valence-electron chi connectivity index (χ2n) is 11.0. The van der Waals surface area contributed by atoms with E-state index < -0.39 is 18.4 Å². The third-order valence-corrected chi connectivity index (χ3v) is 7.28. The molecule has 0 aliphatic heterocycles. The van der Waals surface area contributed by atoms with Gasteiger partial charge in [-0.15, -0.1) is 0 Å². The molecule has 0 N–H and O–H groups in total. The van der Waals surface area contributed by atoms with E-state index in [0.29, 0.717) is 48.7 Å². The molecule has 2 heterocycles. The lowest BCUT2D eigenvalue weighted by Gasteiger charge is -2.08. The van der Waals surface area contributed by atoms with Gasteiger partial charge in [0.1, 0.15) is 29.1 Å². The maximum atomic E-state index is 11.9. The second-order valence-corrected chi connectivity index (χ2v) is 11.0. The number of esters is 2. The van der Waals surface area contributed by atoms with Crippen LogP contribution < -0.4 is 20.7 Å². The summed E-state index contributed by atoms with van der Waals surface area (Å²) in [6.07, 6.45) is 6.17. The number of carbonyl (C=O) groups excluding carboxylic acids is 2. The molecule has 10 nitrogen and oxygen atoms in total. The van der Waals surface area contributed by atoms with Gasteiger partial charge >= 0.3 is 23.2 Å². The molecule has 0 unspecified atom stereocenters. The van der Waals surface area contributed by atoms with E-state index in [4.69, 9.17) is 27.8 Å². The molecular formula is C35H40O10. The third-order valence-electron chi connectivity index (χ3n) is 7.28. The minimum atomic E-state index is -0.582. The summed E-state index contributed by atoms with van der Waals surface area (Å²) in [6.45, 7) is 5.29. The van der Waals surface area contributed by atoms with Gasteiger partial charge in [0.05, 0.1) is 26.4 Å². The van der Waals surface area contributed by atoms with Gasteiger partial charge in [-0.05, 0) is 101 Å². The molecule has 240 valence electrons. The van der Waals surface area contributed by atoms with Crippen molar-refractivity contribution in [1.82, 2.24) is 0 Å². The van der Waals surface area contributed by atoms with Crippen LogP contribution in [0, 0.1) is 13.8 Å². The molecule has 0 spiro atoms. The number of rotatable bonds is 18. The van der Waals surface area contributed by atoms with Crippen LogP contribution >= 0.6 is 0 Å². The van der Waals surface area contributed by atoms with Gasteiger partial charge in [0.2, 0.25) is 0 Å². The monoisotopic (exact) mass is 620 g/mol. The number of hydrogen-bond donors (Lipinski definition) is 0. The van der Waals surface area contributed by atoms with Gasteiger partial charge in [0.25, 0.3) is 0 Å². The number of ether oxygens (including phenoxy) is 4. The highest BCUT2D eigenvalue weighted by atomic mass is 16.6. The second kappa shape index (κ2) is 17.0. The first-order valence-electron chi connectivity index (χ1n) is 15.4. The summed E-state index contributed by atoms with van der Waals surface area (Å²) < 4.78 is 32.3. The van der Waals surface area contributed by atoms with Crippen molar-refractivity contribution in [3.05, 3.63) is 80.5 Å². The van der Waals surface area contributed by atoms with Crippen molar-refractivity contribution in [2.45, 2.75) is 71.6 Å². The molecule has 0 radical (unpaired) electrons. The molecule has 10 heteroatoms. The average Bonchev–Trinajstić information content (AvgIpc) is 2.99. The van der Waals surface area contributed by atoms with Gasteiger partial charge in [-0.2, -0.15) is 0 Å². The van der Waals surface area contributed by atoms with Crippen LogP contribution in [0.1, 0.15) is 68.9 Å². The Hall–Kier alpha value is -4.60. The number of carbonyl (C=O) groups is 2. The number of hydrogen-bond acceptors (Lipinski definition) is 10. The zero-order valence-electron chi connectivity index (χ0n) is 25.9. The van der Waals surface area contributed by atoms with Crippen molar-refractivity contribution >= 4 is 33.9 Å². The predicted molar refractivity (Wildman–Crippen MR) is 169 cm³/mol. The first-order chi connectivity index (χ1) is 21.8. The van der Waals surface area contributed by atoms with Crippen LogP contribution in [-0.2, 0) is 19.1 Å². The van der Waals surface area contributed by atoms with E-state index in [-0.39, 0.29) is 24.5 Å². The topological polar surface area (TPSA) is 131 Å². The van der Waals surface area contributed by atoms with Crippen LogP contribution in [-0.4, -0.2) is 38.4 Å². The van der Waals surface area contributed by atoms with E-state index in [0.717, 1.165) is 60.4 Å². The fourth-order valence-corrected chi connectivity index (χ4v) is 4.88. The normalized spacial score (nSPS) is 11.1. The van der Waals surface area contributed by atoms with Gasteiger partial charge < -0.3 is 27.8 Å². The number of benzene rings is 2. The third kappa shape index (κ3) is 10.8. The van der Waals surface area contributed by atoms with E-state index in [1.54, 1.807) is 12.1 Å². The molecule has 0 bridgehead atoms. The molecular weight excluding hydrogens is 580 g/mol. The van der Waals surface area contributed by atoms with Gasteiger partial charge in [-0.1, -0.05) is 0 Å². The van der Waals surface area contributed by atoms with Crippen molar-refractivity contribution in [2.24, 2.45) is 0 Å². The Kier molecular flexibility index (Phi) is 12.6. The number of unbranched alkanes of at least 4 members (excludes halogenated alkanes) is 6. The minimum absolute atomic E-state index is 0.255. The fraction of sp³-hybridized carbons (Fsp3) is 0.429. The number of fused-ring (bicyclic) bond motifs is 2. The Morgan fingerprint density at radius 1 is 0.556 bits per heavy atom. The lowest BCUT2D eigenvalue weighted by atomic mass is 10.1. The summed E-state index contributed by atoms with van der Waals surface area (Å²) in [5, 5.41) is 1.76. The Bertz CT molecular complexity index is 1580. The Labute approximate surface area is 261 Å². The molecule has 45 heavy (non-hydrogen) atoms. The van der Waals surface area contributed by atoms with Crippen molar-refractivity contribution in [1.29, 1.82) is 0 Å². The SMILES string of the molecule is Cc1cc(=O)oc2cc(OCCCCCCOC(=O)CC(=O)OCCCCCCOc3ccc4c(C)cc(=O)oc4c3)ccc12. The van der Waals surface area contributed by atoms with Gasteiger partial charge in [-0.3, -0.25) is 9.59 Å². The van der Waals surface area contributed by atoms with E-state index in [1.165, 1.54) is 12.1 Å². The van der Waals surface area contributed by atoms with Crippen LogP contribution in [0.3, 0.4) is 0 Å². The highest BCUT2D eigenvalue weighted by molar-refractivity contribution is 5.91. The summed E-state index contributed by atoms with van der Waals surface area (Å²) in [4.78, 5) is 47.0. The van der Waals surface area contributed by atoms with Crippen molar-refractivity contribution in [3.8, 4) is 11.5 Å². The molecule has 2 aromatic heterocycles. The minimum Gasteiger partial charge on any atom is -0.493 e. The van der Waals surface area contributed by atoms with Crippen LogP contribution in [0.4, 0.5) is 0 Å². The quantitative estimate of drug-likeness (QED) is 0.0521. The molecule has 0 atom stereocenters. The van der Waals surface area contributed by atoms with Crippen LogP contribution in [0.25, 0.3) is 21.9 Å². The largest absolute Gasteiger partial charge is 0.493 e. The smallest absolute Gasteiger partial charge is 0.336 e. The highest BCUT2D eigenvalue weighted by Gasteiger charge is 2.12. The van der Waals surface area contributed by atoms with E-state index in [1.807, 2.05) is 38.1 Å². The van der Waals surface area contributed by atoms with Gasteiger partial charge in [0.15, 0.2) is 0 Å². The van der Waals surface area contributed by atoms with Gasteiger partial charge in [-0.25, -0.2) is 9.59 Å². The summed E-state index contributed by atoms with van der Waals surface area (Å²) in [5.41, 5.74) is 1.98. The zero-order valence-corrected chi connectivity index (χ0v) is 25.9. The maximum absolute atomic E-state index is 11.9. The van der Waals surface area contributed by atoms with Crippen LogP contribution in [0.15, 0.2) is 67.0 Å². The molecule has 0 fully saturated rings. The van der Waals surface area contributed by atoms with Crippen LogP contribution in [0.5, 0.6) is 11.5 Å². The molecule has 0 saturated carbocycles. The maximum Gasteiger partial charge on any atom is 0.336 e. The zero-order chi connectivity index (χ0) is 32.0. The first-order valence-corrected chi connectivity index (χ1v) is 15.4. The van der Waals surface area contributed by atoms with E-state index >= 15 is 0 Å². The summed E-state index contributed by atoms with van der Waals surface area (Å²) in [7, 11) is 0. The lowest BCUT2D eigenvalue weighted by Crippen LogP contribution is -2.15. The average molecular weight is 621 g/mol. The fourth-order valence-electron chi connectivity index (χ4n) is 4.88. The molecule has 2 aromatic carbocycles. The molecule has 0 aliphatic carbocycles. The number of aryl methyl sites for hydroxylation is 2. The lowest BCUT2D eigenvalue weighted by molar-refractivity contribution is -0.154. The summed E-state index contributed by atoms with van der Waals surface area (Å²) >= 11 is 0. The first kappa shape index (κ1) is 33.3. The van der Waals surface area contributed by atoms with Crippen molar-refractivity contribution in [3.63, 3.8) is 0 Å². The molecule has 4 rings (SSSR count). The molecule has 0 aliphatic rings. The van der Waals surface area contributed by atoms with Crippen molar-refractivity contribution in [2.75, 3.05) is 26.4 Å². The Morgan fingerprint density at radius 2 is 0.956 bits per heavy atom. The van der Waals surface area contributed by atoms with E-state index in [2.05, 4.69) is 0 Å². The molecule has 4 aromatic rings. The van der Waals surface area contributed by atoms with Gasteiger partial charge in [0, 0.05) is 35.0 Å². The predicted octanol–water partition coefficient (Wildman–Crippen LogP) is 6.57. The highest BCUT2D eigenvalue weighted by Crippen LogP contribution is 2.23. The molecule has 0 amide bonds. The van der Waals surface area contributed by atoms with Crippen LogP contribution in [0.2, 0.25) is 0 Å². The summed E-state index contributed by atoms with van der Waals surface area (Å²) in [6, 6.07) is 13.9. The summed E-state index contributed by atoms with van der Waals surface area (Å²) in [5.74, 6) is 0.131. The molecule has 0 saturated heterocycles.